The molecule has 2 unspecified atom stereocenters. The third kappa shape index (κ3) is 2.87. The van der Waals surface area contributed by atoms with Crippen LogP contribution in [-0.2, 0) is 4.79 Å². The monoisotopic (exact) mass is 337 g/mol. The molecule has 5 rings (SSSR count). The number of carbonyl (C=O) groups is 1. The van der Waals surface area contributed by atoms with Gasteiger partial charge < -0.3 is 10.4 Å². The average Bonchev–Trinajstić information content (AvgIpc) is 2.38. The van der Waals surface area contributed by atoms with Crippen molar-refractivity contribution < 1.29 is 14.3 Å². The molecule has 4 atom stereocenters. The molecule has 4 aliphatic rings. The van der Waals surface area contributed by atoms with Gasteiger partial charge in [-0.25, -0.2) is 4.39 Å². The van der Waals surface area contributed by atoms with E-state index in [-0.39, 0.29) is 17.0 Å². The van der Waals surface area contributed by atoms with Crippen LogP contribution in [0.2, 0.25) is 5.02 Å². The molecule has 3 nitrogen and oxygen atoms in total. The van der Waals surface area contributed by atoms with Gasteiger partial charge in [0.25, 0.3) is 0 Å². The fourth-order valence-corrected chi connectivity index (χ4v) is 5.89. The number of rotatable bonds is 3. The van der Waals surface area contributed by atoms with Crippen molar-refractivity contribution in [3.05, 3.63) is 29.0 Å². The maximum atomic E-state index is 13.8. The molecular weight excluding hydrogens is 317 g/mol. The lowest BCUT2D eigenvalue weighted by atomic mass is 9.47. The van der Waals surface area contributed by atoms with Crippen LogP contribution < -0.4 is 5.32 Å². The highest BCUT2D eigenvalue weighted by Crippen LogP contribution is 2.62. The number of nitrogens with one attached hydrogen (secondary N) is 1. The lowest BCUT2D eigenvalue weighted by Crippen LogP contribution is -2.56. The van der Waals surface area contributed by atoms with Crippen molar-refractivity contribution >= 4 is 23.2 Å². The van der Waals surface area contributed by atoms with Gasteiger partial charge in [-0.2, -0.15) is 0 Å². The molecule has 4 fully saturated rings. The molecule has 4 aliphatic carbocycles. The Morgan fingerprint density at radius 2 is 2.00 bits per heavy atom. The number of hydrogen-bond acceptors (Lipinski definition) is 2. The van der Waals surface area contributed by atoms with Gasteiger partial charge in [0.05, 0.1) is 11.3 Å². The summed E-state index contributed by atoms with van der Waals surface area (Å²) >= 11 is 5.73. The normalized spacial score (nSPS) is 37.9. The van der Waals surface area contributed by atoms with E-state index in [1.54, 1.807) is 6.07 Å². The molecule has 0 aromatic heterocycles. The summed E-state index contributed by atoms with van der Waals surface area (Å²) in [4.78, 5) is 12.4. The van der Waals surface area contributed by atoms with Gasteiger partial charge in [-0.3, -0.25) is 4.79 Å². The maximum absolute atomic E-state index is 13.8. The first-order valence-electron chi connectivity index (χ1n) is 8.32. The van der Waals surface area contributed by atoms with E-state index < -0.39 is 11.4 Å². The molecule has 0 spiro atoms. The zero-order valence-electron chi connectivity index (χ0n) is 12.9. The average molecular weight is 338 g/mol. The number of anilines is 1. The van der Waals surface area contributed by atoms with Gasteiger partial charge in [0.2, 0.25) is 5.91 Å². The second-order valence-electron chi connectivity index (χ2n) is 8.03. The van der Waals surface area contributed by atoms with Crippen LogP contribution in [0.5, 0.6) is 0 Å². The highest BCUT2D eigenvalue weighted by molar-refractivity contribution is 6.30. The van der Waals surface area contributed by atoms with Gasteiger partial charge in [-0.15, -0.1) is 0 Å². The number of amides is 1. The van der Waals surface area contributed by atoms with E-state index in [0.29, 0.717) is 29.7 Å². The second kappa shape index (κ2) is 5.18. The van der Waals surface area contributed by atoms with Gasteiger partial charge in [-0.1, -0.05) is 11.6 Å². The Morgan fingerprint density at radius 1 is 1.30 bits per heavy atom. The molecule has 1 aromatic carbocycles. The quantitative estimate of drug-likeness (QED) is 0.871. The predicted octanol–water partition coefficient (Wildman–Crippen LogP) is 4.14. The summed E-state index contributed by atoms with van der Waals surface area (Å²) in [6, 6.07) is 4.25. The fraction of sp³-hybridized carbons (Fsp3) is 0.611. The molecule has 23 heavy (non-hydrogen) atoms. The first-order valence-corrected chi connectivity index (χ1v) is 8.70. The Bertz CT molecular complexity index is 648. The third-order valence-corrected chi connectivity index (χ3v) is 6.13. The molecular formula is C18H21ClFNO2. The molecule has 4 saturated carbocycles. The van der Waals surface area contributed by atoms with E-state index in [1.165, 1.54) is 18.6 Å². The first-order chi connectivity index (χ1) is 10.8. The van der Waals surface area contributed by atoms with Crippen LogP contribution in [0.4, 0.5) is 10.1 Å². The number of carbonyl (C=O) groups excluding carboxylic acids is 1. The third-order valence-electron chi connectivity index (χ3n) is 5.89. The van der Waals surface area contributed by atoms with Gasteiger partial charge in [0.1, 0.15) is 5.82 Å². The Labute approximate surface area is 140 Å². The predicted molar refractivity (Wildman–Crippen MR) is 86.7 cm³/mol. The molecule has 124 valence electrons. The molecule has 0 radical (unpaired) electrons. The van der Waals surface area contributed by atoms with Crippen LogP contribution in [0.1, 0.15) is 44.9 Å². The lowest BCUT2D eigenvalue weighted by Gasteiger charge is -2.60. The highest BCUT2D eigenvalue weighted by atomic mass is 35.5. The summed E-state index contributed by atoms with van der Waals surface area (Å²) in [5.74, 6) is 0.398. The minimum atomic E-state index is -0.574. The summed E-state index contributed by atoms with van der Waals surface area (Å²) in [5.41, 5.74) is -0.510. The molecule has 4 bridgehead atoms. The van der Waals surface area contributed by atoms with Crippen LogP contribution in [0, 0.1) is 23.1 Å². The van der Waals surface area contributed by atoms with E-state index in [4.69, 9.17) is 11.6 Å². The minimum absolute atomic E-state index is 0.105. The van der Waals surface area contributed by atoms with E-state index >= 15 is 0 Å². The molecule has 0 aliphatic heterocycles. The molecule has 5 heteroatoms. The van der Waals surface area contributed by atoms with Gasteiger partial charge in [0, 0.05) is 11.4 Å². The van der Waals surface area contributed by atoms with Crippen molar-refractivity contribution in [2.75, 3.05) is 5.32 Å². The lowest BCUT2D eigenvalue weighted by molar-refractivity contribution is -0.167. The highest BCUT2D eigenvalue weighted by Gasteiger charge is 2.57. The van der Waals surface area contributed by atoms with Crippen molar-refractivity contribution in [3.63, 3.8) is 0 Å². The topological polar surface area (TPSA) is 49.3 Å². The van der Waals surface area contributed by atoms with Gasteiger partial charge in [0.15, 0.2) is 0 Å². The van der Waals surface area contributed by atoms with Crippen LogP contribution >= 0.6 is 11.6 Å². The van der Waals surface area contributed by atoms with Crippen molar-refractivity contribution in [2.24, 2.45) is 17.3 Å². The smallest absolute Gasteiger partial charge is 0.225 e. The van der Waals surface area contributed by atoms with Crippen LogP contribution in [0.25, 0.3) is 0 Å². The van der Waals surface area contributed by atoms with E-state index in [2.05, 4.69) is 5.32 Å². The molecule has 0 heterocycles. The van der Waals surface area contributed by atoms with Crippen LogP contribution in [0.15, 0.2) is 18.2 Å². The largest absolute Gasteiger partial charge is 0.390 e. The molecule has 0 saturated heterocycles. The van der Waals surface area contributed by atoms with E-state index in [9.17, 15) is 14.3 Å². The maximum Gasteiger partial charge on any atom is 0.225 e. The molecule has 1 amide bonds. The van der Waals surface area contributed by atoms with Crippen molar-refractivity contribution in [1.29, 1.82) is 0 Å². The standard InChI is InChI=1S/C18H21ClFNO2/c19-13-1-2-15(14(20)4-13)21-16(22)9-17-5-11-3-12(6-17)8-18(23,7-11)10-17/h1-2,4,11-12,23H,3,5-10H2,(H,21,22)/t11-,12+,17?,18?. The Kier molecular flexibility index (Phi) is 3.47. The fourth-order valence-electron chi connectivity index (χ4n) is 5.73. The zero-order chi connectivity index (χ0) is 16.2. The van der Waals surface area contributed by atoms with Gasteiger partial charge in [-0.05, 0) is 74.0 Å². The first kappa shape index (κ1) is 15.4. The van der Waals surface area contributed by atoms with E-state index in [0.717, 1.165) is 25.7 Å². The Balaban J connectivity index is 1.48. The summed E-state index contributed by atoms with van der Waals surface area (Å²) in [7, 11) is 0. The Morgan fingerprint density at radius 3 is 2.61 bits per heavy atom. The summed E-state index contributed by atoms with van der Waals surface area (Å²) in [5, 5.41) is 13.7. The molecule has 2 N–H and O–H groups in total. The summed E-state index contributed by atoms with van der Waals surface area (Å²) < 4.78 is 13.8. The van der Waals surface area contributed by atoms with Crippen molar-refractivity contribution in [1.82, 2.24) is 0 Å². The summed E-state index contributed by atoms with van der Waals surface area (Å²) in [6.45, 7) is 0. The SMILES string of the molecule is O=C(CC12C[C@@H]3C[C@@H](CC(O)(C3)C1)C2)Nc1ccc(Cl)cc1F. The Hall–Kier alpha value is -1.13. The van der Waals surface area contributed by atoms with Crippen molar-refractivity contribution in [2.45, 2.75) is 50.5 Å². The number of aliphatic hydroxyl groups is 1. The van der Waals surface area contributed by atoms with Gasteiger partial charge >= 0.3 is 0 Å². The summed E-state index contributed by atoms with van der Waals surface area (Å²) in [6.07, 6.45) is 6.08. The van der Waals surface area contributed by atoms with Crippen LogP contribution in [0.3, 0.4) is 0 Å². The van der Waals surface area contributed by atoms with Crippen LogP contribution in [-0.4, -0.2) is 16.6 Å². The number of halogens is 2. The van der Waals surface area contributed by atoms with Crippen molar-refractivity contribution in [3.8, 4) is 0 Å². The molecule has 1 aromatic rings. The zero-order valence-corrected chi connectivity index (χ0v) is 13.7. The minimum Gasteiger partial charge on any atom is -0.390 e. The van der Waals surface area contributed by atoms with E-state index in [1.807, 2.05) is 0 Å². The second-order valence-corrected chi connectivity index (χ2v) is 8.47. The number of benzene rings is 1. The number of hydrogen-bond donors (Lipinski definition) is 2.